The van der Waals surface area contributed by atoms with Gasteiger partial charge in [-0.25, -0.2) is 0 Å². The molecule has 1 aliphatic rings. The molecule has 1 heterocycles. The molecule has 0 saturated carbocycles. The highest BCUT2D eigenvalue weighted by molar-refractivity contribution is 5.95. The predicted molar refractivity (Wildman–Crippen MR) is 70.8 cm³/mol. The SMILES string of the molecule is Cl.O=C(NC1CCNC1)c1ccc([N+](=O)[O-])c(O)c1. The second-order valence-electron chi connectivity index (χ2n) is 4.12. The average Bonchev–Trinajstić information content (AvgIpc) is 2.81. The molecule has 1 aliphatic heterocycles. The first kappa shape index (κ1) is 15.2. The minimum atomic E-state index is -0.697. The summed E-state index contributed by atoms with van der Waals surface area (Å²) < 4.78 is 0. The number of amides is 1. The number of phenols is 1. The van der Waals surface area contributed by atoms with Gasteiger partial charge in [-0.2, -0.15) is 0 Å². The Kier molecular flexibility index (Phi) is 5.08. The van der Waals surface area contributed by atoms with Crippen molar-refractivity contribution in [1.82, 2.24) is 10.6 Å². The topological polar surface area (TPSA) is 104 Å². The number of nitrogens with one attached hydrogen (secondary N) is 2. The third-order valence-electron chi connectivity index (χ3n) is 2.83. The highest BCUT2D eigenvalue weighted by atomic mass is 35.5. The summed E-state index contributed by atoms with van der Waals surface area (Å²) in [6, 6.07) is 3.62. The van der Waals surface area contributed by atoms with Gasteiger partial charge in [-0.05, 0) is 25.1 Å². The highest BCUT2D eigenvalue weighted by Gasteiger charge is 2.20. The van der Waals surface area contributed by atoms with E-state index >= 15 is 0 Å². The van der Waals surface area contributed by atoms with Gasteiger partial charge in [0.1, 0.15) is 0 Å². The van der Waals surface area contributed by atoms with Crippen LogP contribution >= 0.6 is 12.4 Å². The Morgan fingerprint density at radius 1 is 1.53 bits per heavy atom. The maximum atomic E-state index is 11.8. The average molecular weight is 288 g/mol. The van der Waals surface area contributed by atoms with Gasteiger partial charge in [0.05, 0.1) is 4.92 Å². The number of nitrogens with zero attached hydrogens (tertiary/aromatic N) is 1. The molecule has 2 rings (SSSR count). The minimum absolute atomic E-state index is 0. The Morgan fingerprint density at radius 2 is 2.26 bits per heavy atom. The third kappa shape index (κ3) is 3.55. The molecule has 1 atom stereocenters. The summed E-state index contributed by atoms with van der Waals surface area (Å²) in [5, 5.41) is 25.9. The molecule has 0 aromatic heterocycles. The quantitative estimate of drug-likeness (QED) is 0.564. The number of hydrogen-bond acceptors (Lipinski definition) is 5. The summed E-state index contributed by atoms with van der Waals surface area (Å²) in [6.07, 6.45) is 0.852. The summed E-state index contributed by atoms with van der Waals surface area (Å²) >= 11 is 0. The molecule has 19 heavy (non-hydrogen) atoms. The molecule has 8 heteroatoms. The summed E-state index contributed by atoms with van der Waals surface area (Å²) in [5.74, 6) is -0.842. The van der Waals surface area contributed by atoms with E-state index in [0.717, 1.165) is 25.1 Å². The van der Waals surface area contributed by atoms with Crippen molar-refractivity contribution >= 4 is 24.0 Å². The maximum Gasteiger partial charge on any atom is 0.310 e. The first-order chi connectivity index (χ1) is 8.58. The molecule has 0 radical (unpaired) electrons. The zero-order valence-corrected chi connectivity index (χ0v) is 10.8. The number of phenolic OH excluding ortho intramolecular Hbond substituents is 1. The molecule has 1 unspecified atom stereocenters. The van der Waals surface area contributed by atoms with Crippen LogP contribution in [0.3, 0.4) is 0 Å². The summed E-state index contributed by atoms with van der Waals surface area (Å²) in [5.41, 5.74) is -0.195. The summed E-state index contributed by atoms with van der Waals surface area (Å²) in [4.78, 5) is 21.6. The second-order valence-corrected chi connectivity index (χ2v) is 4.12. The van der Waals surface area contributed by atoms with Gasteiger partial charge >= 0.3 is 5.69 Å². The van der Waals surface area contributed by atoms with Crippen molar-refractivity contribution < 1.29 is 14.8 Å². The molecule has 1 amide bonds. The van der Waals surface area contributed by atoms with E-state index in [0.29, 0.717) is 6.54 Å². The summed E-state index contributed by atoms with van der Waals surface area (Å²) in [7, 11) is 0. The number of halogens is 1. The van der Waals surface area contributed by atoms with E-state index in [1.54, 1.807) is 0 Å². The number of carbonyl (C=O) groups excluding carboxylic acids is 1. The lowest BCUT2D eigenvalue weighted by Crippen LogP contribution is -2.36. The first-order valence-electron chi connectivity index (χ1n) is 5.57. The van der Waals surface area contributed by atoms with E-state index in [-0.39, 0.29) is 29.9 Å². The molecule has 104 valence electrons. The van der Waals surface area contributed by atoms with Gasteiger partial charge in [-0.3, -0.25) is 14.9 Å². The normalized spacial score (nSPS) is 17.6. The molecular formula is C11H14ClN3O4. The first-order valence-corrected chi connectivity index (χ1v) is 5.57. The van der Waals surface area contributed by atoms with E-state index < -0.39 is 16.4 Å². The Labute approximate surface area is 115 Å². The molecule has 7 nitrogen and oxygen atoms in total. The van der Waals surface area contributed by atoms with Gasteiger partial charge in [0.2, 0.25) is 0 Å². The van der Waals surface area contributed by atoms with Crippen LogP contribution in [0.2, 0.25) is 0 Å². The zero-order chi connectivity index (χ0) is 13.1. The number of carbonyl (C=O) groups is 1. The van der Waals surface area contributed by atoms with Gasteiger partial charge < -0.3 is 15.7 Å². The fourth-order valence-corrected chi connectivity index (χ4v) is 1.87. The van der Waals surface area contributed by atoms with E-state index in [1.165, 1.54) is 6.07 Å². The van der Waals surface area contributed by atoms with Crippen LogP contribution in [0.15, 0.2) is 18.2 Å². The van der Waals surface area contributed by atoms with Crippen molar-refractivity contribution in [1.29, 1.82) is 0 Å². The fourth-order valence-electron chi connectivity index (χ4n) is 1.87. The smallest absolute Gasteiger partial charge is 0.310 e. The van der Waals surface area contributed by atoms with Crippen LogP contribution in [-0.2, 0) is 0 Å². The van der Waals surface area contributed by atoms with Crippen molar-refractivity contribution in [2.45, 2.75) is 12.5 Å². The van der Waals surface area contributed by atoms with E-state index in [1.807, 2.05) is 0 Å². The van der Waals surface area contributed by atoms with Crippen LogP contribution in [0.1, 0.15) is 16.8 Å². The number of nitro benzene ring substituents is 1. The van der Waals surface area contributed by atoms with Crippen molar-refractivity contribution in [2.24, 2.45) is 0 Å². The Morgan fingerprint density at radius 3 is 2.79 bits per heavy atom. The van der Waals surface area contributed by atoms with Crippen LogP contribution in [0.25, 0.3) is 0 Å². The van der Waals surface area contributed by atoms with Gasteiger partial charge in [-0.15, -0.1) is 12.4 Å². The van der Waals surface area contributed by atoms with E-state index in [9.17, 15) is 20.0 Å². The standard InChI is InChI=1S/C11H13N3O4.ClH/c15-10-5-7(1-2-9(10)14(17)18)11(16)13-8-3-4-12-6-8;/h1-2,5,8,12,15H,3-4,6H2,(H,13,16);1H. The minimum Gasteiger partial charge on any atom is -0.502 e. The molecule has 1 aromatic rings. The third-order valence-corrected chi connectivity index (χ3v) is 2.83. The number of nitro groups is 1. The molecule has 1 fully saturated rings. The maximum absolute atomic E-state index is 11.8. The Bertz CT molecular complexity index is 489. The molecule has 0 spiro atoms. The molecule has 1 saturated heterocycles. The molecular weight excluding hydrogens is 274 g/mol. The summed E-state index contributed by atoms with van der Waals surface area (Å²) in [6.45, 7) is 1.57. The lowest BCUT2D eigenvalue weighted by atomic mass is 10.1. The Hall–Kier alpha value is -1.86. The van der Waals surface area contributed by atoms with Gasteiger partial charge in [0.15, 0.2) is 5.75 Å². The lowest BCUT2D eigenvalue weighted by molar-refractivity contribution is -0.385. The number of benzene rings is 1. The van der Waals surface area contributed by atoms with Gasteiger partial charge in [0.25, 0.3) is 5.91 Å². The second kappa shape index (κ2) is 6.35. The van der Waals surface area contributed by atoms with Crippen LogP contribution < -0.4 is 10.6 Å². The zero-order valence-electron chi connectivity index (χ0n) is 9.96. The van der Waals surface area contributed by atoms with Crippen molar-refractivity contribution in [3.8, 4) is 5.75 Å². The van der Waals surface area contributed by atoms with E-state index in [4.69, 9.17) is 0 Å². The molecule has 0 aliphatic carbocycles. The largest absolute Gasteiger partial charge is 0.502 e. The van der Waals surface area contributed by atoms with Crippen molar-refractivity contribution in [3.05, 3.63) is 33.9 Å². The lowest BCUT2D eigenvalue weighted by Gasteiger charge is -2.11. The number of rotatable bonds is 3. The van der Waals surface area contributed by atoms with Crippen molar-refractivity contribution in [3.63, 3.8) is 0 Å². The monoisotopic (exact) mass is 287 g/mol. The van der Waals surface area contributed by atoms with Crippen LogP contribution in [0.5, 0.6) is 5.75 Å². The number of aromatic hydroxyl groups is 1. The molecule has 1 aromatic carbocycles. The van der Waals surface area contributed by atoms with Crippen LogP contribution in [0, 0.1) is 10.1 Å². The van der Waals surface area contributed by atoms with E-state index in [2.05, 4.69) is 10.6 Å². The van der Waals surface area contributed by atoms with Crippen LogP contribution in [-0.4, -0.2) is 35.1 Å². The van der Waals surface area contributed by atoms with Crippen molar-refractivity contribution in [2.75, 3.05) is 13.1 Å². The van der Waals surface area contributed by atoms with Crippen LogP contribution in [0.4, 0.5) is 5.69 Å². The molecule has 3 N–H and O–H groups in total. The fraction of sp³-hybridized carbons (Fsp3) is 0.364. The molecule has 0 bridgehead atoms. The highest BCUT2D eigenvalue weighted by Crippen LogP contribution is 2.26. The van der Waals surface area contributed by atoms with Gasteiger partial charge in [0, 0.05) is 24.2 Å². The number of hydrogen-bond donors (Lipinski definition) is 3. The Balaban J connectivity index is 0.00000180. The predicted octanol–water partition coefficient (Wildman–Crippen LogP) is 0.814. The van der Waals surface area contributed by atoms with Gasteiger partial charge in [-0.1, -0.05) is 0 Å².